The normalized spacial score (nSPS) is 17.4. The molecule has 2 unspecified atom stereocenters. The fourth-order valence-electron chi connectivity index (χ4n) is 16.9. The van der Waals surface area contributed by atoms with Gasteiger partial charge in [0.15, 0.2) is 0 Å². The van der Waals surface area contributed by atoms with E-state index in [4.69, 9.17) is 24.3 Å². The summed E-state index contributed by atoms with van der Waals surface area (Å²) in [5.74, 6) is -4.53. The number of hydrogen-bond donors (Lipinski definition) is 4. The molecule has 0 bridgehead atoms. The van der Waals surface area contributed by atoms with Crippen molar-refractivity contribution in [3.63, 3.8) is 0 Å². The van der Waals surface area contributed by atoms with E-state index in [9.17, 15) is 75.9 Å². The number of aryl methyl sites for hydroxylation is 4. The maximum atomic E-state index is 13.7. The number of hydrogen-bond acceptors (Lipinski definition) is 17. The number of amides is 4. The summed E-state index contributed by atoms with van der Waals surface area (Å²) in [6.07, 6.45) is 28.5. The Hall–Kier alpha value is -13.9. The highest BCUT2D eigenvalue weighted by Gasteiger charge is 2.54. The molecule has 21 nitrogen and oxygen atoms in total. The van der Waals surface area contributed by atoms with Crippen molar-refractivity contribution in [2.24, 2.45) is 0 Å². The van der Waals surface area contributed by atoms with Crippen LogP contribution >= 0.6 is 0 Å². The van der Waals surface area contributed by atoms with Crippen molar-refractivity contribution in [2.75, 3.05) is 0 Å². The Labute approximate surface area is 783 Å². The Balaban J connectivity index is 0.000000126. The molecule has 0 radical (unpaired) electrons. The first kappa shape index (κ1) is 96.3. The molecular weight excluding hydrogens is 1800 g/mol. The molecule has 704 valence electrons. The summed E-state index contributed by atoms with van der Waals surface area (Å²) in [5.41, 5.74) is 7.68. The Morgan fingerprint density at radius 3 is 1.23 bits per heavy atom. The molecule has 8 aromatic heterocycles. The molecule has 2 atom stereocenters. The van der Waals surface area contributed by atoms with Crippen LogP contribution in [0, 0.1) is 46.5 Å². The third-order valence-corrected chi connectivity index (χ3v) is 26.4. The Kier molecular flexibility index (Phi) is 28.0. The minimum absolute atomic E-state index is 0.0763. The van der Waals surface area contributed by atoms with E-state index >= 15 is 0 Å². The van der Waals surface area contributed by atoms with Gasteiger partial charge in [0.2, 0.25) is 0 Å². The van der Waals surface area contributed by atoms with Gasteiger partial charge in [-0.3, -0.25) is 59.0 Å². The number of aromatic nitrogens is 8. The summed E-state index contributed by atoms with van der Waals surface area (Å²) in [7, 11) is -6.34. The molecule has 8 aliphatic rings. The van der Waals surface area contributed by atoms with Crippen LogP contribution < -0.4 is 26.7 Å². The number of halogens is 11. The van der Waals surface area contributed by atoms with Crippen LogP contribution in [-0.4, -0.2) is 95.7 Å². The van der Waals surface area contributed by atoms with Gasteiger partial charge in [-0.05, 0) is 310 Å². The number of rotatable bonds is 19. The minimum atomic E-state index is -5.80. The predicted molar refractivity (Wildman–Crippen MR) is 489 cm³/mol. The van der Waals surface area contributed by atoms with E-state index in [1.54, 1.807) is 30.9 Å². The van der Waals surface area contributed by atoms with Crippen LogP contribution in [0.4, 0.5) is 48.3 Å². The predicted octanol–water partition coefficient (Wildman–Crippen LogP) is 19.5. The lowest BCUT2D eigenvalue weighted by Crippen LogP contribution is -2.41. The number of pyridine rings is 8. The maximum Gasteiger partial charge on any atom is 0.534 e. The summed E-state index contributed by atoms with van der Waals surface area (Å²) >= 11 is 0. The molecule has 4 aromatic carbocycles. The number of alkyl halides is 3. The molecule has 9 heterocycles. The first-order valence-corrected chi connectivity index (χ1v) is 46.1. The summed E-state index contributed by atoms with van der Waals surface area (Å²) < 4.78 is 183. The molecule has 1 aliphatic heterocycles. The molecule has 1 saturated heterocycles. The third kappa shape index (κ3) is 22.3. The number of nitrogens with zero attached hydrogens (tertiary/aromatic N) is 8. The van der Waals surface area contributed by atoms with E-state index in [1.165, 1.54) is 152 Å². The van der Waals surface area contributed by atoms with Crippen molar-refractivity contribution >= 4 is 63.2 Å². The Morgan fingerprint density at radius 1 is 0.438 bits per heavy atom. The molecule has 137 heavy (non-hydrogen) atoms. The van der Waals surface area contributed by atoms with Gasteiger partial charge in [-0.15, -0.1) is 0 Å². The highest BCUT2D eigenvalue weighted by atomic mass is 32.2. The second-order valence-corrected chi connectivity index (χ2v) is 37.0. The third-order valence-electron chi connectivity index (χ3n) is 25.4. The van der Waals surface area contributed by atoms with Crippen molar-refractivity contribution < 1.29 is 89.4 Å². The molecule has 12 aromatic rings. The highest BCUT2D eigenvalue weighted by Crippen LogP contribution is 2.50. The second kappa shape index (κ2) is 39.8. The van der Waals surface area contributed by atoms with Crippen molar-refractivity contribution in [1.82, 2.24) is 61.1 Å². The van der Waals surface area contributed by atoms with Gasteiger partial charge in [-0.25, -0.2) is 35.1 Å². The summed E-state index contributed by atoms with van der Waals surface area (Å²) in [6, 6.07) is 42.0. The second-order valence-electron chi connectivity index (χ2n) is 35.5. The molecule has 3 saturated carbocycles. The Morgan fingerprint density at radius 2 is 0.825 bits per heavy atom. The van der Waals surface area contributed by atoms with Crippen LogP contribution in [0.5, 0.6) is 0 Å². The number of allylic oxidation sites excluding steroid dienone is 3. The zero-order chi connectivity index (χ0) is 96.9. The van der Waals surface area contributed by atoms with Crippen molar-refractivity contribution in [2.45, 2.75) is 183 Å². The van der Waals surface area contributed by atoms with Gasteiger partial charge in [0, 0.05) is 103 Å². The lowest BCUT2D eigenvalue weighted by atomic mass is 9.80. The SMILES string of the molecule is CC1(C)OB(c2cncc(F)c2)OC1(C)C.CCC(NC(=O)c1ccc(F)cc1)c1ccc2c(n1)CCCC2c1cncc(F)c1.O=C(NC1(c2ccc3c(n2)CCC=C3OS(=O)(=O)C(F)(F)F)CC1)c1ccc(F)cc1.O=C(NC1(c2ccc3c(n2)CCC=C3c2cncc(F)c2)CC1)c1ccc(F)cc1.O=C(NC1(c2ccc3c(n2)CCC=C3c2cncc(F)c2)CC1)c1ccc(F)cc1. The van der Waals surface area contributed by atoms with E-state index < -0.39 is 68.0 Å². The summed E-state index contributed by atoms with van der Waals surface area (Å²) in [5, 5.41) is 12.0. The molecule has 34 heteroatoms. The zero-order valence-corrected chi connectivity index (χ0v) is 75.7. The lowest BCUT2D eigenvalue weighted by molar-refractivity contribution is -0.0509. The van der Waals surface area contributed by atoms with Gasteiger partial charge < -0.3 is 34.8 Å². The van der Waals surface area contributed by atoms with Gasteiger partial charge in [-0.2, -0.15) is 21.6 Å². The van der Waals surface area contributed by atoms with Crippen molar-refractivity contribution in [1.29, 1.82) is 0 Å². The van der Waals surface area contributed by atoms with Gasteiger partial charge in [0.05, 0.1) is 87.1 Å². The van der Waals surface area contributed by atoms with Crippen molar-refractivity contribution in [3.05, 3.63) is 391 Å². The summed E-state index contributed by atoms with van der Waals surface area (Å²) in [6.45, 7) is 9.82. The number of fused-ring (bicyclic) bond motifs is 4. The van der Waals surface area contributed by atoms with E-state index in [1.807, 2.05) is 71.0 Å². The average Bonchev–Trinajstić information content (AvgIpc) is 1.61. The first-order valence-electron chi connectivity index (χ1n) is 44.7. The average molecular weight is 1890 g/mol. The number of nitrogens with one attached hydrogen (secondary N) is 4. The van der Waals surface area contributed by atoms with Crippen LogP contribution in [0.2, 0.25) is 0 Å². The van der Waals surface area contributed by atoms with Crippen LogP contribution in [-0.2, 0) is 65.9 Å². The zero-order valence-electron chi connectivity index (χ0n) is 74.9. The number of carbonyl (C=O) groups is 4. The van der Waals surface area contributed by atoms with E-state index in [0.717, 1.165) is 156 Å². The van der Waals surface area contributed by atoms with Crippen LogP contribution in [0.15, 0.2) is 238 Å². The van der Waals surface area contributed by atoms with E-state index in [2.05, 4.69) is 62.5 Å². The fourth-order valence-corrected chi connectivity index (χ4v) is 17.3. The monoisotopic (exact) mass is 1890 g/mol. The van der Waals surface area contributed by atoms with Gasteiger partial charge in [0.1, 0.15) is 52.3 Å². The molecule has 4 N–H and O–H groups in total. The minimum Gasteiger partial charge on any atom is -0.399 e. The molecule has 4 amide bonds. The highest BCUT2D eigenvalue weighted by molar-refractivity contribution is 7.87. The molecular formula is C103H92BF11N12O9S. The van der Waals surface area contributed by atoms with Gasteiger partial charge >= 0.3 is 22.7 Å². The molecule has 20 rings (SSSR count). The topological polar surface area (TPSA) is 281 Å². The van der Waals surface area contributed by atoms with Gasteiger partial charge in [0.25, 0.3) is 23.6 Å². The van der Waals surface area contributed by atoms with Crippen LogP contribution in [0.3, 0.4) is 0 Å². The summed E-state index contributed by atoms with van der Waals surface area (Å²) in [4.78, 5) is 85.1. The molecule has 4 fully saturated rings. The number of carbonyl (C=O) groups excluding carboxylic acids is 4. The lowest BCUT2D eigenvalue weighted by Gasteiger charge is -2.32. The Bertz CT molecular complexity index is 6600. The largest absolute Gasteiger partial charge is 0.534 e. The smallest absolute Gasteiger partial charge is 0.399 e. The van der Waals surface area contributed by atoms with Crippen LogP contribution in [0.1, 0.15) is 250 Å². The van der Waals surface area contributed by atoms with E-state index in [-0.39, 0.29) is 87.9 Å². The van der Waals surface area contributed by atoms with Crippen LogP contribution in [0.25, 0.3) is 16.9 Å². The first-order chi connectivity index (χ1) is 65.4. The molecule has 0 spiro atoms. The molecule has 7 aliphatic carbocycles. The van der Waals surface area contributed by atoms with E-state index in [0.29, 0.717) is 59.2 Å². The van der Waals surface area contributed by atoms with Crippen molar-refractivity contribution in [3.8, 4) is 0 Å². The quantitative estimate of drug-likeness (QED) is 0.0253. The number of benzene rings is 4. The van der Waals surface area contributed by atoms with Gasteiger partial charge in [-0.1, -0.05) is 37.3 Å². The fraction of sp³-hybridized carbons (Fsp3) is 0.282. The standard InChI is InChI=1S/2C24H19F2N3O.C24H23F2N3O.C20H16F4N2O4S.C11H15BFNO2/c2*25-17-6-4-15(5-7-17)23(30)29-24(10-11-24)22-9-8-20-19(2-1-3-21(20)28-22)16-12-18(26)14-27-13-16;1-2-21(29-24(30)15-6-8-17(25)9-7-15)23-11-10-20-19(4-3-5-22(20)28-23)16-12-18(26)14-27-13-16;21-13-6-4-12(5-7-13)18(27)26-19(10-11-19)17-9-8-14-15(25-17)2-1-3-16(14)30-31(28,29)20(22,23)24;1-10(2)11(3,4)16-12(15-10)8-5-9(13)7-14-6-8/h2*2,4-9,12-14H,1,3,10-11H2,(H,29,30);6-14,19,21H,2-5H2,1H3,(H,29,30);3-9H,1-2,10-11H2,(H,26,27);5-7H,1-4H3. The maximum absolute atomic E-state index is 13.7.